The molecule has 0 heterocycles. The second kappa shape index (κ2) is 10.2. The van der Waals surface area contributed by atoms with Gasteiger partial charge in [0, 0.05) is 31.3 Å². The molecule has 7 heteroatoms. The Labute approximate surface area is 147 Å². The largest absolute Gasteiger partial charge is 0.466 e. The molecule has 0 bridgehead atoms. The maximum Gasteiger partial charge on any atom is 0.307 e. The first-order valence-corrected chi connectivity index (χ1v) is 8.20. The average molecular weight is 348 g/mol. The fourth-order valence-corrected chi connectivity index (χ4v) is 2.17. The van der Waals surface area contributed by atoms with E-state index in [1.807, 2.05) is 13.8 Å². The van der Waals surface area contributed by atoms with Crippen LogP contribution in [0.2, 0.25) is 0 Å². The van der Waals surface area contributed by atoms with Crippen molar-refractivity contribution in [1.82, 2.24) is 4.90 Å². The Morgan fingerprint density at radius 1 is 1.28 bits per heavy atom. The van der Waals surface area contributed by atoms with Gasteiger partial charge in [0.05, 0.1) is 18.0 Å². The van der Waals surface area contributed by atoms with Gasteiger partial charge in [-0.2, -0.15) is 0 Å². The monoisotopic (exact) mass is 348 g/mol. The number of non-ortho nitro benzene ring substituents is 1. The van der Waals surface area contributed by atoms with Crippen LogP contribution in [0.4, 0.5) is 5.69 Å². The molecule has 1 aromatic rings. The van der Waals surface area contributed by atoms with Crippen molar-refractivity contribution in [2.75, 3.05) is 19.7 Å². The molecule has 0 aromatic heterocycles. The van der Waals surface area contributed by atoms with Gasteiger partial charge in [0.1, 0.15) is 0 Å². The summed E-state index contributed by atoms with van der Waals surface area (Å²) in [6.45, 7) is 6.86. The molecule has 0 saturated carbocycles. The molecule has 136 valence electrons. The van der Waals surface area contributed by atoms with Crippen molar-refractivity contribution in [2.45, 2.75) is 27.2 Å². The Morgan fingerprint density at radius 2 is 1.92 bits per heavy atom. The molecule has 25 heavy (non-hydrogen) atoms. The van der Waals surface area contributed by atoms with Crippen molar-refractivity contribution in [2.24, 2.45) is 5.92 Å². The zero-order valence-corrected chi connectivity index (χ0v) is 14.8. The minimum Gasteiger partial charge on any atom is -0.466 e. The second-order valence-corrected chi connectivity index (χ2v) is 5.92. The van der Waals surface area contributed by atoms with Gasteiger partial charge in [0.25, 0.3) is 5.69 Å². The predicted molar refractivity (Wildman–Crippen MR) is 94.8 cm³/mol. The summed E-state index contributed by atoms with van der Waals surface area (Å²) < 4.78 is 4.89. The second-order valence-electron chi connectivity index (χ2n) is 5.92. The van der Waals surface area contributed by atoms with Gasteiger partial charge in [-0.3, -0.25) is 19.7 Å². The van der Waals surface area contributed by atoms with E-state index >= 15 is 0 Å². The summed E-state index contributed by atoms with van der Waals surface area (Å²) in [5.41, 5.74) is 0.688. The Morgan fingerprint density at radius 3 is 2.44 bits per heavy atom. The van der Waals surface area contributed by atoms with E-state index < -0.39 is 4.92 Å². The summed E-state index contributed by atoms with van der Waals surface area (Å²) in [6, 6.07) is 5.92. The quantitative estimate of drug-likeness (QED) is 0.296. The lowest BCUT2D eigenvalue weighted by molar-refractivity contribution is -0.384. The molecule has 0 aliphatic carbocycles. The van der Waals surface area contributed by atoms with Gasteiger partial charge in [-0.15, -0.1) is 0 Å². The smallest absolute Gasteiger partial charge is 0.307 e. The lowest BCUT2D eigenvalue weighted by Gasteiger charge is -2.22. The van der Waals surface area contributed by atoms with Gasteiger partial charge in [-0.05, 0) is 36.6 Å². The highest BCUT2D eigenvalue weighted by atomic mass is 16.6. The maximum atomic E-state index is 12.4. The zero-order valence-electron chi connectivity index (χ0n) is 14.8. The molecule has 0 N–H and O–H groups in total. The van der Waals surface area contributed by atoms with E-state index in [4.69, 9.17) is 4.74 Å². The molecule has 0 fully saturated rings. The van der Waals surface area contributed by atoms with E-state index in [0.717, 1.165) is 0 Å². The number of carbonyl (C=O) groups is 2. The van der Waals surface area contributed by atoms with Gasteiger partial charge in [0.2, 0.25) is 5.91 Å². The normalized spacial score (nSPS) is 10.9. The van der Waals surface area contributed by atoms with Gasteiger partial charge >= 0.3 is 5.97 Å². The minimum atomic E-state index is -0.474. The molecule has 0 atom stereocenters. The summed E-state index contributed by atoms with van der Waals surface area (Å²) in [5.74, 6) is -0.279. The highest BCUT2D eigenvalue weighted by molar-refractivity contribution is 5.92. The maximum absolute atomic E-state index is 12.4. The summed E-state index contributed by atoms with van der Waals surface area (Å²) in [6.07, 6.45) is 3.16. The van der Waals surface area contributed by atoms with Gasteiger partial charge < -0.3 is 9.64 Å². The number of rotatable bonds is 9. The van der Waals surface area contributed by atoms with E-state index in [0.29, 0.717) is 25.3 Å². The SMILES string of the molecule is CCOC(=O)CCN(CC(C)C)C(=O)/C=C/c1ccc([N+](=O)[O-])cc1. The predicted octanol–water partition coefficient (Wildman–Crippen LogP) is 3.05. The number of nitrogens with zero attached hydrogens (tertiary/aromatic N) is 2. The molecule has 0 spiro atoms. The van der Waals surface area contributed by atoms with Crippen LogP contribution in [0.5, 0.6) is 0 Å². The number of hydrogen-bond donors (Lipinski definition) is 0. The molecule has 1 rings (SSSR count). The highest BCUT2D eigenvalue weighted by Crippen LogP contribution is 2.13. The molecule has 1 amide bonds. The summed E-state index contributed by atoms with van der Waals surface area (Å²) in [5, 5.41) is 10.6. The molecular formula is C18H24N2O5. The number of carbonyl (C=O) groups excluding carboxylic acids is 2. The fourth-order valence-electron chi connectivity index (χ4n) is 2.17. The topological polar surface area (TPSA) is 89.8 Å². The highest BCUT2D eigenvalue weighted by Gasteiger charge is 2.14. The molecule has 0 aliphatic heterocycles. The van der Waals surface area contributed by atoms with Gasteiger partial charge in [-0.1, -0.05) is 13.8 Å². The van der Waals surface area contributed by atoms with Crippen LogP contribution in [-0.2, 0) is 14.3 Å². The number of nitro groups is 1. The van der Waals surface area contributed by atoms with Crippen LogP contribution >= 0.6 is 0 Å². The molecule has 0 radical (unpaired) electrons. The van der Waals surface area contributed by atoms with Crippen LogP contribution in [0.15, 0.2) is 30.3 Å². The van der Waals surface area contributed by atoms with Crippen molar-refractivity contribution < 1.29 is 19.2 Å². The first-order chi connectivity index (χ1) is 11.8. The third kappa shape index (κ3) is 7.60. The van der Waals surface area contributed by atoms with Crippen molar-refractivity contribution >= 4 is 23.6 Å². The number of benzene rings is 1. The van der Waals surface area contributed by atoms with E-state index in [1.54, 1.807) is 30.0 Å². The fraction of sp³-hybridized carbons (Fsp3) is 0.444. The van der Waals surface area contributed by atoms with Crippen LogP contribution in [-0.4, -0.2) is 41.4 Å². The molecule has 0 saturated heterocycles. The lowest BCUT2D eigenvalue weighted by atomic mass is 10.1. The Bertz CT molecular complexity index is 623. The van der Waals surface area contributed by atoms with E-state index in [-0.39, 0.29) is 29.9 Å². The van der Waals surface area contributed by atoms with Crippen LogP contribution < -0.4 is 0 Å². The zero-order chi connectivity index (χ0) is 18.8. The molecule has 1 aromatic carbocycles. The molecular weight excluding hydrogens is 324 g/mol. The summed E-state index contributed by atoms with van der Waals surface area (Å²) in [4.78, 5) is 35.6. The number of nitro benzene ring substituents is 1. The Hall–Kier alpha value is -2.70. The number of ether oxygens (including phenoxy) is 1. The van der Waals surface area contributed by atoms with Crippen LogP contribution in [0.1, 0.15) is 32.8 Å². The summed E-state index contributed by atoms with van der Waals surface area (Å²) >= 11 is 0. The molecule has 0 aliphatic rings. The van der Waals surface area contributed by atoms with Crippen LogP contribution in [0.25, 0.3) is 6.08 Å². The van der Waals surface area contributed by atoms with Crippen LogP contribution in [0.3, 0.4) is 0 Å². The number of amides is 1. The number of hydrogen-bond acceptors (Lipinski definition) is 5. The van der Waals surface area contributed by atoms with Crippen molar-refractivity contribution in [3.05, 3.63) is 46.0 Å². The first kappa shape index (κ1) is 20.3. The van der Waals surface area contributed by atoms with Gasteiger partial charge in [-0.25, -0.2) is 0 Å². The van der Waals surface area contributed by atoms with Crippen molar-refractivity contribution in [3.63, 3.8) is 0 Å². The lowest BCUT2D eigenvalue weighted by Crippen LogP contribution is -2.35. The van der Waals surface area contributed by atoms with E-state index in [1.165, 1.54) is 18.2 Å². The Balaban J connectivity index is 2.72. The third-order valence-electron chi connectivity index (χ3n) is 3.31. The van der Waals surface area contributed by atoms with E-state index in [9.17, 15) is 19.7 Å². The molecule has 7 nitrogen and oxygen atoms in total. The third-order valence-corrected chi connectivity index (χ3v) is 3.31. The molecule has 0 unspecified atom stereocenters. The summed E-state index contributed by atoms with van der Waals surface area (Å²) in [7, 11) is 0. The number of esters is 1. The van der Waals surface area contributed by atoms with Crippen molar-refractivity contribution in [1.29, 1.82) is 0 Å². The van der Waals surface area contributed by atoms with E-state index in [2.05, 4.69) is 0 Å². The minimum absolute atomic E-state index is 0.000604. The Kier molecular flexibility index (Phi) is 8.32. The van der Waals surface area contributed by atoms with Crippen LogP contribution in [0, 0.1) is 16.0 Å². The standard InChI is InChI=1S/C18H24N2O5/c1-4-25-18(22)11-12-19(13-14(2)3)17(21)10-7-15-5-8-16(9-6-15)20(23)24/h5-10,14H,4,11-13H2,1-3H3/b10-7+. The van der Waals surface area contributed by atoms with Gasteiger partial charge in [0.15, 0.2) is 0 Å². The first-order valence-electron chi connectivity index (χ1n) is 8.20. The van der Waals surface area contributed by atoms with Crippen molar-refractivity contribution in [3.8, 4) is 0 Å². The average Bonchev–Trinajstić information content (AvgIpc) is 2.56.